The summed E-state index contributed by atoms with van der Waals surface area (Å²) >= 11 is 0. The highest BCUT2D eigenvalue weighted by Gasteiger charge is 2.30. The average molecular weight is 448 g/mol. The average Bonchev–Trinajstić information content (AvgIpc) is 2.73. The van der Waals surface area contributed by atoms with Gasteiger partial charge in [0, 0.05) is 6.54 Å². The number of hydrogen-bond acceptors (Lipinski definition) is 3. The van der Waals surface area contributed by atoms with E-state index in [4.69, 9.17) is 0 Å². The molecule has 3 rings (SSSR count). The summed E-state index contributed by atoms with van der Waals surface area (Å²) in [6, 6.07) is 18.9. The van der Waals surface area contributed by atoms with Crippen LogP contribution in [0, 0.1) is 0 Å². The molecule has 0 heterocycles. The molecule has 0 aliphatic rings. The molecule has 31 heavy (non-hydrogen) atoms. The lowest BCUT2D eigenvalue weighted by atomic mass is 10.1. The van der Waals surface area contributed by atoms with Gasteiger partial charge in [0.15, 0.2) is 0 Å². The zero-order valence-corrected chi connectivity index (χ0v) is 17.0. The lowest BCUT2D eigenvalue weighted by Crippen LogP contribution is -2.25. The van der Waals surface area contributed by atoms with Crippen molar-refractivity contribution in [3.05, 3.63) is 95.6 Å². The standard InChI is InChI=1S/C22H19F3N2O3S/c23-22(24,25)18-12-10-16(11-13-18)14-21(28)26-15-17-6-4-5-9-20(17)27-31(29,30)19-7-2-1-3-8-19/h1-13,27H,14-15H2,(H,26,28). The highest BCUT2D eigenvalue weighted by molar-refractivity contribution is 7.92. The van der Waals surface area contributed by atoms with E-state index in [2.05, 4.69) is 10.0 Å². The van der Waals surface area contributed by atoms with E-state index in [1.165, 1.54) is 24.3 Å². The monoisotopic (exact) mass is 448 g/mol. The molecule has 0 spiro atoms. The Balaban J connectivity index is 1.64. The number of halogens is 3. The van der Waals surface area contributed by atoms with Gasteiger partial charge in [-0.3, -0.25) is 9.52 Å². The number of hydrogen-bond donors (Lipinski definition) is 2. The van der Waals surface area contributed by atoms with Crippen molar-refractivity contribution in [2.45, 2.75) is 24.0 Å². The van der Waals surface area contributed by atoms with E-state index in [0.717, 1.165) is 12.1 Å². The van der Waals surface area contributed by atoms with E-state index < -0.39 is 27.7 Å². The maximum atomic E-state index is 12.6. The molecule has 0 saturated carbocycles. The van der Waals surface area contributed by atoms with Crippen LogP contribution >= 0.6 is 0 Å². The summed E-state index contributed by atoms with van der Waals surface area (Å²) in [6.45, 7) is 0.0486. The molecule has 0 saturated heterocycles. The van der Waals surface area contributed by atoms with Crippen LogP contribution in [0.2, 0.25) is 0 Å². The van der Waals surface area contributed by atoms with Crippen molar-refractivity contribution < 1.29 is 26.4 Å². The normalized spacial score (nSPS) is 11.7. The number of sulfonamides is 1. The number of alkyl halides is 3. The van der Waals surface area contributed by atoms with Crippen molar-refractivity contribution in [1.29, 1.82) is 0 Å². The number of benzene rings is 3. The highest BCUT2D eigenvalue weighted by atomic mass is 32.2. The molecule has 9 heteroatoms. The van der Waals surface area contributed by atoms with Crippen LogP contribution in [0.5, 0.6) is 0 Å². The Labute approximate surface area is 178 Å². The number of carbonyl (C=O) groups is 1. The smallest absolute Gasteiger partial charge is 0.352 e. The fourth-order valence-electron chi connectivity index (χ4n) is 2.83. The number of para-hydroxylation sites is 1. The summed E-state index contributed by atoms with van der Waals surface area (Å²) in [5.74, 6) is -0.402. The molecule has 0 radical (unpaired) electrons. The maximum absolute atomic E-state index is 12.6. The molecule has 1 amide bonds. The number of carbonyl (C=O) groups excluding carboxylic acids is 1. The molecule has 3 aromatic carbocycles. The van der Waals surface area contributed by atoms with Crippen molar-refractivity contribution in [3.63, 3.8) is 0 Å². The lowest BCUT2D eigenvalue weighted by molar-refractivity contribution is -0.137. The van der Waals surface area contributed by atoms with Gasteiger partial charge in [0.25, 0.3) is 10.0 Å². The molecule has 162 valence electrons. The Kier molecular flexibility index (Phi) is 6.65. The topological polar surface area (TPSA) is 75.3 Å². The van der Waals surface area contributed by atoms with E-state index in [0.29, 0.717) is 16.8 Å². The van der Waals surface area contributed by atoms with Gasteiger partial charge in [0.1, 0.15) is 0 Å². The molecule has 0 aliphatic heterocycles. The van der Waals surface area contributed by atoms with E-state index in [1.807, 2.05) is 0 Å². The Morgan fingerprint density at radius 2 is 1.45 bits per heavy atom. The minimum atomic E-state index is -4.43. The number of amides is 1. The summed E-state index contributed by atoms with van der Waals surface area (Å²) in [4.78, 5) is 12.3. The Bertz CT molecular complexity index is 1150. The van der Waals surface area contributed by atoms with Gasteiger partial charge in [-0.05, 0) is 41.5 Å². The second kappa shape index (κ2) is 9.22. The second-order valence-electron chi connectivity index (χ2n) is 6.72. The van der Waals surface area contributed by atoms with Crippen LogP contribution in [0.1, 0.15) is 16.7 Å². The predicted octanol–water partition coefficient (Wildman–Crippen LogP) is 4.37. The molecule has 5 nitrogen and oxygen atoms in total. The summed E-state index contributed by atoms with van der Waals surface area (Å²) in [6.07, 6.45) is -4.53. The predicted molar refractivity (Wildman–Crippen MR) is 111 cm³/mol. The molecule has 0 bridgehead atoms. The third-order valence-electron chi connectivity index (χ3n) is 4.44. The Morgan fingerprint density at radius 1 is 0.839 bits per heavy atom. The first-order valence-corrected chi connectivity index (χ1v) is 10.7. The number of anilines is 1. The fourth-order valence-corrected chi connectivity index (χ4v) is 3.95. The van der Waals surface area contributed by atoms with Crippen LogP contribution in [-0.4, -0.2) is 14.3 Å². The zero-order valence-electron chi connectivity index (χ0n) is 16.2. The highest BCUT2D eigenvalue weighted by Crippen LogP contribution is 2.29. The van der Waals surface area contributed by atoms with Crippen LogP contribution in [0.15, 0.2) is 83.8 Å². The molecule has 0 unspecified atom stereocenters. The van der Waals surface area contributed by atoms with E-state index in [9.17, 15) is 26.4 Å². The second-order valence-corrected chi connectivity index (χ2v) is 8.41. The van der Waals surface area contributed by atoms with Crippen molar-refractivity contribution in [3.8, 4) is 0 Å². The molecule has 0 atom stereocenters. The minimum Gasteiger partial charge on any atom is -0.352 e. The summed E-state index contributed by atoms with van der Waals surface area (Å²) in [5.41, 5.74) is 0.517. The molecule has 0 fully saturated rings. The van der Waals surface area contributed by atoms with Gasteiger partial charge < -0.3 is 5.32 Å². The van der Waals surface area contributed by atoms with E-state index in [1.54, 1.807) is 42.5 Å². The molecule has 0 aromatic heterocycles. The van der Waals surface area contributed by atoms with Crippen molar-refractivity contribution in [2.75, 3.05) is 4.72 Å². The van der Waals surface area contributed by atoms with Gasteiger partial charge in [-0.25, -0.2) is 8.42 Å². The van der Waals surface area contributed by atoms with Crippen molar-refractivity contribution in [2.24, 2.45) is 0 Å². The zero-order chi connectivity index (χ0) is 22.5. The van der Waals surface area contributed by atoms with Crippen LogP contribution < -0.4 is 10.0 Å². The van der Waals surface area contributed by atoms with Crippen LogP contribution in [0.4, 0.5) is 18.9 Å². The molecular formula is C22H19F3N2O3S. The van der Waals surface area contributed by atoms with E-state index >= 15 is 0 Å². The van der Waals surface area contributed by atoms with Gasteiger partial charge in [0.05, 0.1) is 22.6 Å². The van der Waals surface area contributed by atoms with Crippen LogP contribution in [-0.2, 0) is 34.0 Å². The van der Waals surface area contributed by atoms with Gasteiger partial charge in [-0.2, -0.15) is 13.2 Å². The third-order valence-corrected chi connectivity index (χ3v) is 5.82. The third kappa shape index (κ3) is 6.08. The number of rotatable bonds is 7. The first kappa shape index (κ1) is 22.4. The first-order valence-electron chi connectivity index (χ1n) is 9.24. The largest absolute Gasteiger partial charge is 0.416 e. The molecule has 3 aromatic rings. The van der Waals surface area contributed by atoms with Crippen LogP contribution in [0.25, 0.3) is 0 Å². The Hall–Kier alpha value is -3.33. The van der Waals surface area contributed by atoms with Crippen LogP contribution in [0.3, 0.4) is 0 Å². The van der Waals surface area contributed by atoms with Crippen molar-refractivity contribution >= 4 is 21.6 Å². The van der Waals surface area contributed by atoms with Gasteiger partial charge in [-0.15, -0.1) is 0 Å². The van der Waals surface area contributed by atoms with E-state index in [-0.39, 0.29) is 17.9 Å². The van der Waals surface area contributed by atoms with Gasteiger partial charge in [-0.1, -0.05) is 48.5 Å². The molecule has 2 N–H and O–H groups in total. The minimum absolute atomic E-state index is 0.0486. The van der Waals surface area contributed by atoms with Gasteiger partial charge in [0.2, 0.25) is 5.91 Å². The number of nitrogens with one attached hydrogen (secondary N) is 2. The quantitative estimate of drug-likeness (QED) is 0.564. The molecular weight excluding hydrogens is 429 g/mol. The first-order chi connectivity index (χ1) is 14.6. The lowest BCUT2D eigenvalue weighted by Gasteiger charge is -2.13. The summed E-state index contributed by atoms with van der Waals surface area (Å²) in [7, 11) is -3.79. The Morgan fingerprint density at radius 3 is 2.10 bits per heavy atom. The molecule has 0 aliphatic carbocycles. The SMILES string of the molecule is O=C(Cc1ccc(C(F)(F)F)cc1)NCc1ccccc1NS(=O)(=O)c1ccccc1. The fraction of sp³-hybridized carbons (Fsp3) is 0.136. The van der Waals surface area contributed by atoms with Crippen molar-refractivity contribution in [1.82, 2.24) is 5.32 Å². The maximum Gasteiger partial charge on any atom is 0.416 e. The summed E-state index contributed by atoms with van der Waals surface area (Å²) < 4.78 is 65.5. The summed E-state index contributed by atoms with van der Waals surface area (Å²) in [5, 5.41) is 2.66. The van der Waals surface area contributed by atoms with Gasteiger partial charge >= 0.3 is 6.18 Å².